The molecule has 1 amide bonds. The number of carbonyl (C=O) groups excluding carboxylic acids is 1. The van der Waals surface area contributed by atoms with Gasteiger partial charge >= 0.3 is 0 Å². The molecule has 4 rings (SSSR count). The van der Waals surface area contributed by atoms with Crippen molar-refractivity contribution < 1.29 is 14.3 Å². The molecule has 0 aliphatic carbocycles. The number of rotatable bonds is 6. The van der Waals surface area contributed by atoms with E-state index in [1.54, 1.807) is 36.6 Å². The summed E-state index contributed by atoms with van der Waals surface area (Å²) in [7, 11) is 1.58. The lowest BCUT2D eigenvalue weighted by Gasteiger charge is -2.12. The van der Waals surface area contributed by atoms with E-state index in [2.05, 4.69) is 5.32 Å². The zero-order chi connectivity index (χ0) is 20.2. The van der Waals surface area contributed by atoms with Gasteiger partial charge in [-0.3, -0.25) is 4.79 Å². The minimum Gasteiger partial charge on any atom is -0.495 e. The molecule has 0 aliphatic heterocycles. The summed E-state index contributed by atoms with van der Waals surface area (Å²) in [6.07, 6.45) is 0. The summed E-state index contributed by atoms with van der Waals surface area (Å²) < 4.78 is 12.0. The first-order chi connectivity index (χ1) is 14.2. The average molecular weight is 404 g/mol. The van der Waals surface area contributed by atoms with Crippen molar-refractivity contribution in [2.45, 2.75) is 6.92 Å². The first-order valence-corrected chi connectivity index (χ1v) is 10.1. The summed E-state index contributed by atoms with van der Waals surface area (Å²) in [4.78, 5) is 17.5. The second kappa shape index (κ2) is 8.32. The van der Waals surface area contributed by atoms with Crippen molar-refractivity contribution in [2.75, 3.05) is 19.0 Å². The van der Waals surface area contributed by atoms with E-state index < -0.39 is 0 Å². The third-order valence-electron chi connectivity index (χ3n) is 4.40. The monoisotopic (exact) mass is 404 g/mol. The SMILES string of the molecule is CCOc1cccc(C(=O)Nc2cc(-c3nc4ccccc4s3)ccc2OC)c1. The lowest BCUT2D eigenvalue weighted by Crippen LogP contribution is -2.13. The van der Waals surface area contributed by atoms with Crippen LogP contribution in [0.25, 0.3) is 20.8 Å². The van der Waals surface area contributed by atoms with Crippen LogP contribution in [0.1, 0.15) is 17.3 Å². The standard InChI is InChI=1S/C23H20N2O3S/c1-3-28-17-8-6-7-15(13-17)22(26)24-19-14-16(11-12-20(19)27-2)23-25-18-9-4-5-10-21(18)29-23/h4-14H,3H2,1-2H3,(H,24,26). The molecule has 0 unspecified atom stereocenters. The predicted molar refractivity (Wildman–Crippen MR) is 117 cm³/mol. The number of aromatic nitrogens is 1. The molecule has 5 nitrogen and oxygen atoms in total. The first kappa shape index (κ1) is 19.0. The van der Waals surface area contributed by atoms with E-state index >= 15 is 0 Å². The van der Waals surface area contributed by atoms with Crippen LogP contribution in [0.3, 0.4) is 0 Å². The Labute approximate surface area is 172 Å². The number of carbonyl (C=O) groups is 1. The number of para-hydroxylation sites is 1. The molecule has 29 heavy (non-hydrogen) atoms. The molecule has 4 aromatic rings. The van der Waals surface area contributed by atoms with Crippen LogP contribution in [0.2, 0.25) is 0 Å². The Morgan fingerprint density at radius 2 is 1.93 bits per heavy atom. The zero-order valence-corrected chi connectivity index (χ0v) is 17.0. The molecule has 146 valence electrons. The van der Waals surface area contributed by atoms with E-state index in [0.29, 0.717) is 29.4 Å². The molecule has 0 atom stereocenters. The number of fused-ring (bicyclic) bond motifs is 1. The molecular weight excluding hydrogens is 384 g/mol. The highest BCUT2D eigenvalue weighted by atomic mass is 32.1. The second-order valence-electron chi connectivity index (χ2n) is 6.32. The van der Waals surface area contributed by atoms with Gasteiger partial charge in [-0.2, -0.15) is 0 Å². The number of hydrogen-bond acceptors (Lipinski definition) is 5. The molecule has 0 saturated heterocycles. The molecule has 6 heteroatoms. The summed E-state index contributed by atoms with van der Waals surface area (Å²) in [6, 6.07) is 20.8. The van der Waals surface area contributed by atoms with Gasteiger partial charge in [0.2, 0.25) is 0 Å². The van der Waals surface area contributed by atoms with E-state index in [-0.39, 0.29) is 5.91 Å². The highest BCUT2D eigenvalue weighted by Gasteiger charge is 2.14. The molecule has 3 aromatic carbocycles. The number of nitrogens with zero attached hydrogens (tertiary/aromatic N) is 1. The number of thiazole rings is 1. The Morgan fingerprint density at radius 1 is 1.07 bits per heavy atom. The third kappa shape index (κ3) is 4.07. The predicted octanol–water partition coefficient (Wildman–Crippen LogP) is 5.62. The van der Waals surface area contributed by atoms with Gasteiger partial charge in [0.1, 0.15) is 16.5 Å². The number of methoxy groups -OCH3 is 1. The van der Waals surface area contributed by atoms with Gasteiger partial charge in [-0.15, -0.1) is 11.3 Å². The van der Waals surface area contributed by atoms with Crippen molar-refractivity contribution in [1.29, 1.82) is 0 Å². The van der Waals surface area contributed by atoms with Gasteiger partial charge in [-0.1, -0.05) is 18.2 Å². The molecule has 1 N–H and O–H groups in total. The second-order valence-corrected chi connectivity index (χ2v) is 7.35. The minimum absolute atomic E-state index is 0.230. The fourth-order valence-electron chi connectivity index (χ4n) is 3.02. The van der Waals surface area contributed by atoms with Crippen molar-refractivity contribution in [3.8, 4) is 22.1 Å². The molecule has 0 fully saturated rings. The fourth-order valence-corrected chi connectivity index (χ4v) is 3.98. The van der Waals surface area contributed by atoms with E-state index in [1.807, 2.05) is 55.5 Å². The lowest BCUT2D eigenvalue weighted by atomic mass is 10.1. The average Bonchev–Trinajstić information content (AvgIpc) is 3.18. The van der Waals surface area contributed by atoms with Crippen molar-refractivity contribution >= 4 is 33.1 Å². The summed E-state index contributed by atoms with van der Waals surface area (Å²) in [6.45, 7) is 2.45. The van der Waals surface area contributed by atoms with E-state index in [0.717, 1.165) is 20.8 Å². The lowest BCUT2D eigenvalue weighted by molar-refractivity contribution is 0.102. The summed E-state index contributed by atoms with van der Waals surface area (Å²) in [5, 5.41) is 3.84. The highest BCUT2D eigenvalue weighted by Crippen LogP contribution is 2.35. The van der Waals surface area contributed by atoms with Gasteiger partial charge in [0, 0.05) is 11.1 Å². The van der Waals surface area contributed by atoms with Crippen LogP contribution < -0.4 is 14.8 Å². The maximum Gasteiger partial charge on any atom is 0.255 e. The van der Waals surface area contributed by atoms with E-state index in [1.165, 1.54) is 0 Å². The van der Waals surface area contributed by atoms with E-state index in [9.17, 15) is 4.79 Å². The van der Waals surface area contributed by atoms with Crippen molar-refractivity contribution in [3.05, 3.63) is 72.3 Å². The maximum atomic E-state index is 12.8. The molecule has 1 heterocycles. The Balaban J connectivity index is 1.65. The Kier molecular flexibility index (Phi) is 5.44. The number of amides is 1. The summed E-state index contributed by atoms with van der Waals surface area (Å²) in [5.41, 5.74) is 2.99. The van der Waals surface area contributed by atoms with Crippen molar-refractivity contribution in [1.82, 2.24) is 4.98 Å². The Hall–Kier alpha value is -3.38. The van der Waals surface area contributed by atoms with Gasteiger partial charge in [0.05, 0.1) is 29.6 Å². The van der Waals surface area contributed by atoms with Crippen molar-refractivity contribution in [3.63, 3.8) is 0 Å². The van der Waals surface area contributed by atoms with Crippen LogP contribution >= 0.6 is 11.3 Å². The van der Waals surface area contributed by atoms with Crippen LogP contribution in [0.5, 0.6) is 11.5 Å². The quantitative estimate of drug-likeness (QED) is 0.453. The Morgan fingerprint density at radius 3 is 2.72 bits per heavy atom. The first-order valence-electron chi connectivity index (χ1n) is 9.26. The van der Waals surface area contributed by atoms with Crippen LogP contribution in [0, 0.1) is 0 Å². The zero-order valence-electron chi connectivity index (χ0n) is 16.1. The molecular formula is C23H20N2O3S. The van der Waals surface area contributed by atoms with Gasteiger partial charge in [-0.25, -0.2) is 4.98 Å². The number of ether oxygens (including phenoxy) is 2. The van der Waals surface area contributed by atoms with Gasteiger partial charge in [0.15, 0.2) is 0 Å². The number of hydrogen-bond donors (Lipinski definition) is 1. The third-order valence-corrected chi connectivity index (χ3v) is 5.48. The molecule has 0 saturated carbocycles. The topological polar surface area (TPSA) is 60.5 Å². The van der Waals surface area contributed by atoms with Crippen LogP contribution in [-0.4, -0.2) is 24.6 Å². The van der Waals surface area contributed by atoms with Crippen LogP contribution in [0.4, 0.5) is 5.69 Å². The number of anilines is 1. The normalized spacial score (nSPS) is 10.7. The van der Waals surface area contributed by atoms with E-state index in [4.69, 9.17) is 14.5 Å². The largest absolute Gasteiger partial charge is 0.495 e. The fraction of sp³-hybridized carbons (Fsp3) is 0.130. The summed E-state index contributed by atoms with van der Waals surface area (Å²) in [5.74, 6) is 1.02. The highest BCUT2D eigenvalue weighted by molar-refractivity contribution is 7.21. The number of benzene rings is 3. The smallest absolute Gasteiger partial charge is 0.255 e. The van der Waals surface area contributed by atoms with Gasteiger partial charge in [-0.05, 0) is 55.5 Å². The van der Waals surface area contributed by atoms with Crippen LogP contribution in [0.15, 0.2) is 66.7 Å². The molecule has 0 bridgehead atoms. The van der Waals surface area contributed by atoms with Gasteiger partial charge in [0.25, 0.3) is 5.91 Å². The molecule has 0 aliphatic rings. The van der Waals surface area contributed by atoms with Crippen molar-refractivity contribution in [2.24, 2.45) is 0 Å². The Bertz CT molecular complexity index is 1140. The maximum absolute atomic E-state index is 12.8. The molecule has 0 spiro atoms. The summed E-state index contributed by atoms with van der Waals surface area (Å²) >= 11 is 1.61. The van der Waals surface area contributed by atoms with Crippen LogP contribution in [-0.2, 0) is 0 Å². The minimum atomic E-state index is -0.230. The number of nitrogens with one attached hydrogen (secondary N) is 1. The van der Waals surface area contributed by atoms with Gasteiger partial charge < -0.3 is 14.8 Å². The molecule has 0 radical (unpaired) electrons. The molecule has 1 aromatic heterocycles.